The summed E-state index contributed by atoms with van der Waals surface area (Å²) >= 11 is 0. The molecule has 5 nitrogen and oxygen atoms in total. The summed E-state index contributed by atoms with van der Waals surface area (Å²) in [6.07, 6.45) is 4.93. The maximum Gasteiger partial charge on any atom is 0.519 e. The molecular formula is C38H45B2NO4. The van der Waals surface area contributed by atoms with Gasteiger partial charge in [0.1, 0.15) is 11.5 Å². The lowest BCUT2D eigenvalue weighted by molar-refractivity contribution is 0.426. The molecule has 1 atom stereocenters. The standard InChI is InChI=1S/C21H22BNO2.C17H23BO2/c1-3-9-18-17-12-7-8-13-19(17)21(25-22(2)24)14-20(18)23-15-16-10-5-4-6-11-16;1-5-12(2)10-16-13(3)11-17(20-18(4)19)15-9-7-6-8-14(15)16/h3-8,10-14,23-24H,1,9,15H2,2H3;6-9,11-12,19H,5,10H2,1-4H3. The first-order chi connectivity index (χ1) is 21.7. The fourth-order valence-electron chi connectivity index (χ4n) is 5.58. The third-order valence-electron chi connectivity index (χ3n) is 7.98. The van der Waals surface area contributed by atoms with Crippen LogP contribution in [0, 0.1) is 12.8 Å². The van der Waals surface area contributed by atoms with Crippen LogP contribution in [0.5, 0.6) is 11.5 Å². The summed E-state index contributed by atoms with van der Waals surface area (Å²) in [7, 11) is -1.66. The zero-order chi connectivity index (χ0) is 32.3. The van der Waals surface area contributed by atoms with E-state index in [4.69, 9.17) is 9.31 Å². The molecule has 7 heteroatoms. The van der Waals surface area contributed by atoms with E-state index in [1.165, 1.54) is 34.1 Å². The molecule has 0 spiro atoms. The van der Waals surface area contributed by atoms with Gasteiger partial charge in [0.2, 0.25) is 0 Å². The van der Waals surface area contributed by atoms with Crippen LogP contribution >= 0.6 is 0 Å². The Labute approximate surface area is 269 Å². The maximum atomic E-state index is 9.68. The van der Waals surface area contributed by atoms with Gasteiger partial charge in [-0.15, -0.1) is 6.58 Å². The minimum Gasteiger partial charge on any atom is -0.536 e. The van der Waals surface area contributed by atoms with Crippen molar-refractivity contribution in [3.63, 3.8) is 0 Å². The predicted molar refractivity (Wildman–Crippen MR) is 192 cm³/mol. The largest absolute Gasteiger partial charge is 0.536 e. The van der Waals surface area contributed by atoms with Crippen LogP contribution in [0.15, 0.2) is 104 Å². The number of nitrogens with one attached hydrogen (secondary N) is 1. The summed E-state index contributed by atoms with van der Waals surface area (Å²) in [4.78, 5) is 0. The Morgan fingerprint density at radius 3 is 1.82 bits per heavy atom. The molecule has 0 aliphatic rings. The number of rotatable bonds is 12. The van der Waals surface area contributed by atoms with Gasteiger partial charge in [-0.05, 0) is 78.4 Å². The van der Waals surface area contributed by atoms with Gasteiger partial charge in [0.15, 0.2) is 0 Å². The van der Waals surface area contributed by atoms with E-state index in [1.54, 1.807) is 13.6 Å². The van der Waals surface area contributed by atoms with Crippen LogP contribution in [0.25, 0.3) is 21.5 Å². The number of fused-ring (bicyclic) bond motifs is 2. The molecule has 0 amide bonds. The molecule has 1 unspecified atom stereocenters. The summed E-state index contributed by atoms with van der Waals surface area (Å²) in [5.74, 6) is 2.11. The quantitative estimate of drug-likeness (QED) is 0.0985. The van der Waals surface area contributed by atoms with Crippen molar-refractivity contribution >= 4 is 41.5 Å². The van der Waals surface area contributed by atoms with Gasteiger partial charge in [0.05, 0.1) is 0 Å². The van der Waals surface area contributed by atoms with Crippen LogP contribution in [0.1, 0.15) is 42.5 Å². The highest BCUT2D eigenvalue weighted by atomic mass is 16.5. The van der Waals surface area contributed by atoms with Crippen LogP contribution in [-0.2, 0) is 19.4 Å². The summed E-state index contributed by atoms with van der Waals surface area (Å²) in [6.45, 7) is 14.5. The summed E-state index contributed by atoms with van der Waals surface area (Å²) in [5, 5.41) is 27.1. The van der Waals surface area contributed by atoms with Crippen molar-refractivity contribution in [3.8, 4) is 11.5 Å². The van der Waals surface area contributed by atoms with Crippen LogP contribution in [0.4, 0.5) is 5.69 Å². The topological polar surface area (TPSA) is 71.0 Å². The molecule has 0 bridgehead atoms. The Morgan fingerprint density at radius 1 is 0.778 bits per heavy atom. The van der Waals surface area contributed by atoms with Crippen molar-refractivity contribution in [2.75, 3.05) is 5.32 Å². The van der Waals surface area contributed by atoms with Crippen molar-refractivity contribution in [2.45, 2.75) is 60.2 Å². The molecule has 3 N–H and O–H groups in total. The van der Waals surface area contributed by atoms with Crippen molar-refractivity contribution in [1.29, 1.82) is 0 Å². The van der Waals surface area contributed by atoms with Gasteiger partial charge >= 0.3 is 14.2 Å². The Bertz CT molecular complexity index is 1710. The van der Waals surface area contributed by atoms with E-state index in [0.717, 1.165) is 47.0 Å². The van der Waals surface area contributed by atoms with Crippen molar-refractivity contribution in [2.24, 2.45) is 5.92 Å². The van der Waals surface area contributed by atoms with E-state index in [-0.39, 0.29) is 0 Å². The van der Waals surface area contributed by atoms with Crippen molar-refractivity contribution < 1.29 is 19.4 Å². The summed E-state index contributed by atoms with van der Waals surface area (Å²) < 4.78 is 11.2. The molecule has 0 fully saturated rings. The first kappa shape index (κ1) is 33.7. The van der Waals surface area contributed by atoms with E-state index < -0.39 is 14.2 Å². The van der Waals surface area contributed by atoms with Crippen molar-refractivity contribution in [3.05, 3.63) is 126 Å². The van der Waals surface area contributed by atoms with E-state index >= 15 is 0 Å². The third kappa shape index (κ3) is 8.93. The molecule has 5 aromatic carbocycles. The number of hydrogen-bond donors (Lipinski definition) is 3. The monoisotopic (exact) mass is 601 g/mol. The molecule has 0 aliphatic carbocycles. The molecule has 0 heterocycles. The number of hydrogen-bond acceptors (Lipinski definition) is 5. The van der Waals surface area contributed by atoms with Crippen LogP contribution in [0.3, 0.4) is 0 Å². The van der Waals surface area contributed by atoms with Gasteiger partial charge in [0.25, 0.3) is 0 Å². The van der Waals surface area contributed by atoms with Gasteiger partial charge in [-0.2, -0.15) is 0 Å². The van der Waals surface area contributed by atoms with Crippen LogP contribution in [-0.4, -0.2) is 24.3 Å². The fraction of sp³-hybridized carbons (Fsp3) is 0.263. The van der Waals surface area contributed by atoms with E-state index in [1.807, 2.05) is 60.7 Å². The highest BCUT2D eigenvalue weighted by molar-refractivity contribution is 6.42. The highest BCUT2D eigenvalue weighted by Gasteiger charge is 2.16. The zero-order valence-corrected chi connectivity index (χ0v) is 27.2. The molecule has 5 aromatic rings. The fourth-order valence-corrected chi connectivity index (χ4v) is 5.58. The molecule has 0 aliphatic heterocycles. The van der Waals surface area contributed by atoms with Gasteiger partial charge in [-0.25, -0.2) is 0 Å². The SMILES string of the molecule is C=CCc1c(NCc2ccccc2)cc(OB(C)O)c2ccccc12.CCC(C)Cc1c(C)cc(OB(C)O)c2ccccc12. The molecule has 232 valence electrons. The van der Waals surface area contributed by atoms with Crippen LogP contribution in [0.2, 0.25) is 13.6 Å². The highest BCUT2D eigenvalue weighted by Crippen LogP contribution is 2.36. The Hall–Kier alpha value is -4.19. The molecule has 0 saturated heterocycles. The Balaban J connectivity index is 0.000000210. The minimum absolute atomic E-state index is 0.667. The molecule has 0 radical (unpaired) electrons. The van der Waals surface area contributed by atoms with E-state index in [2.05, 4.69) is 69.1 Å². The van der Waals surface area contributed by atoms with Crippen molar-refractivity contribution in [1.82, 2.24) is 0 Å². The lowest BCUT2D eigenvalue weighted by Gasteiger charge is -2.18. The summed E-state index contributed by atoms with van der Waals surface area (Å²) in [6, 6.07) is 30.7. The Morgan fingerprint density at radius 2 is 1.29 bits per heavy atom. The number of allylic oxidation sites excluding steroid dienone is 1. The molecule has 45 heavy (non-hydrogen) atoms. The van der Waals surface area contributed by atoms with Gasteiger partial charge in [-0.1, -0.05) is 105 Å². The van der Waals surface area contributed by atoms with E-state index in [9.17, 15) is 10.0 Å². The maximum absolute atomic E-state index is 9.68. The molecule has 0 saturated carbocycles. The molecule has 5 rings (SSSR count). The van der Waals surface area contributed by atoms with Gasteiger partial charge in [-0.3, -0.25) is 0 Å². The lowest BCUT2D eigenvalue weighted by atomic mass is 9.90. The average Bonchev–Trinajstić information content (AvgIpc) is 3.03. The van der Waals surface area contributed by atoms with Gasteiger partial charge in [0, 0.05) is 29.1 Å². The predicted octanol–water partition coefficient (Wildman–Crippen LogP) is 8.90. The number of benzene rings is 5. The molecular weight excluding hydrogens is 556 g/mol. The van der Waals surface area contributed by atoms with Crippen LogP contribution < -0.4 is 14.6 Å². The first-order valence-corrected chi connectivity index (χ1v) is 15.9. The molecule has 0 aromatic heterocycles. The first-order valence-electron chi connectivity index (χ1n) is 15.9. The lowest BCUT2D eigenvalue weighted by Crippen LogP contribution is -2.16. The average molecular weight is 601 g/mol. The summed E-state index contributed by atoms with van der Waals surface area (Å²) in [5.41, 5.74) is 6.02. The normalized spacial score (nSPS) is 11.4. The second-order valence-corrected chi connectivity index (χ2v) is 11.6. The van der Waals surface area contributed by atoms with E-state index in [0.29, 0.717) is 11.7 Å². The minimum atomic E-state index is -0.865. The number of aryl methyl sites for hydroxylation is 1. The zero-order valence-electron chi connectivity index (χ0n) is 27.2. The smallest absolute Gasteiger partial charge is 0.519 e. The van der Waals surface area contributed by atoms with Gasteiger partial charge < -0.3 is 24.7 Å². The Kier molecular flexibility index (Phi) is 12.1. The number of anilines is 1. The second kappa shape index (κ2) is 16.2. The third-order valence-corrected chi connectivity index (χ3v) is 7.98. The second-order valence-electron chi connectivity index (χ2n) is 11.6.